The Kier molecular flexibility index (Phi) is 4.72. The lowest BCUT2D eigenvalue weighted by molar-refractivity contribution is 0.306. The predicted octanol–water partition coefficient (Wildman–Crippen LogP) is 2.25. The van der Waals surface area contributed by atoms with Gasteiger partial charge in [0.15, 0.2) is 0 Å². The number of hydrogen-bond donors (Lipinski definition) is 2. The van der Waals surface area contributed by atoms with Crippen molar-refractivity contribution in [2.45, 2.75) is 6.61 Å². The second-order valence-corrected chi connectivity index (χ2v) is 4.76. The van der Waals surface area contributed by atoms with E-state index in [-0.39, 0.29) is 0 Å². The normalized spacial score (nSPS) is 10.3. The molecule has 0 saturated heterocycles. The molecule has 0 spiro atoms. The van der Waals surface area contributed by atoms with Crippen molar-refractivity contribution in [2.75, 3.05) is 0 Å². The molecule has 0 radical (unpaired) electrons. The monoisotopic (exact) mass is 296 g/mol. The topological polar surface area (TPSA) is 49.7 Å². The van der Waals surface area contributed by atoms with Crippen molar-refractivity contribution in [3.05, 3.63) is 58.1 Å². The first-order chi connectivity index (χ1) is 9.08. The summed E-state index contributed by atoms with van der Waals surface area (Å²) in [6, 6.07) is 11.9. The first-order valence-electron chi connectivity index (χ1n) is 5.59. The molecular formula is C13H11BCl2O3. The minimum Gasteiger partial charge on any atom is -0.487 e. The number of benzene rings is 2. The van der Waals surface area contributed by atoms with Crippen molar-refractivity contribution >= 4 is 35.8 Å². The molecule has 0 unspecified atom stereocenters. The van der Waals surface area contributed by atoms with E-state index in [4.69, 9.17) is 38.0 Å². The van der Waals surface area contributed by atoms with Gasteiger partial charge in [-0.05, 0) is 23.7 Å². The van der Waals surface area contributed by atoms with Gasteiger partial charge in [0, 0.05) is 10.6 Å². The Labute approximate surface area is 121 Å². The van der Waals surface area contributed by atoms with E-state index in [0.29, 0.717) is 27.9 Å². The van der Waals surface area contributed by atoms with Crippen molar-refractivity contribution in [3.8, 4) is 5.75 Å². The van der Waals surface area contributed by atoms with E-state index in [1.54, 1.807) is 18.2 Å². The van der Waals surface area contributed by atoms with E-state index in [1.807, 2.05) is 18.2 Å². The summed E-state index contributed by atoms with van der Waals surface area (Å²) in [7, 11) is -1.55. The highest BCUT2D eigenvalue weighted by molar-refractivity contribution is 6.59. The Morgan fingerprint density at radius 3 is 2.37 bits per heavy atom. The van der Waals surface area contributed by atoms with Gasteiger partial charge < -0.3 is 14.8 Å². The minimum atomic E-state index is -1.55. The fourth-order valence-electron chi connectivity index (χ4n) is 1.57. The molecule has 2 rings (SSSR count). The van der Waals surface area contributed by atoms with E-state index in [9.17, 15) is 0 Å². The zero-order valence-corrected chi connectivity index (χ0v) is 11.4. The molecule has 6 heteroatoms. The molecule has 0 atom stereocenters. The molecule has 0 bridgehead atoms. The minimum absolute atomic E-state index is 0.292. The molecule has 0 aliphatic heterocycles. The van der Waals surface area contributed by atoms with Gasteiger partial charge in [-0.1, -0.05) is 47.5 Å². The van der Waals surface area contributed by atoms with Crippen LogP contribution in [-0.2, 0) is 6.61 Å². The Bertz CT molecular complexity index is 576. The maximum Gasteiger partial charge on any atom is 0.488 e. The molecule has 0 saturated carbocycles. The summed E-state index contributed by atoms with van der Waals surface area (Å²) in [6.07, 6.45) is 0. The summed E-state index contributed by atoms with van der Waals surface area (Å²) in [6.45, 7) is 0.292. The highest BCUT2D eigenvalue weighted by atomic mass is 35.5. The van der Waals surface area contributed by atoms with Crippen LogP contribution in [0.2, 0.25) is 10.0 Å². The van der Waals surface area contributed by atoms with Crippen LogP contribution in [-0.4, -0.2) is 17.2 Å². The lowest BCUT2D eigenvalue weighted by Gasteiger charge is -2.10. The van der Waals surface area contributed by atoms with E-state index in [0.717, 1.165) is 5.56 Å². The summed E-state index contributed by atoms with van der Waals surface area (Å²) in [5, 5.41) is 19.0. The number of halogens is 2. The third kappa shape index (κ3) is 3.64. The van der Waals surface area contributed by atoms with Gasteiger partial charge in [-0.2, -0.15) is 0 Å². The summed E-state index contributed by atoms with van der Waals surface area (Å²) in [5.74, 6) is 0.464. The number of hydrogen-bond acceptors (Lipinski definition) is 3. The summed E-state index contributed by atoms with van der Waals surface area (Å²) >= 11 is 12.0. The van der Waals surface area contributed by atoms with Gasteiger partial charge in [-0.15, -0.1) is 0 Å². The van der Waals surface area contributed by atoms with E-state index in [2.05, 4.69) is 0 Å². The molecule has 19 heavy (non-hydrogen) atoms. The Morgan fingerprint density at radius 1 is 1.00 bits per heavy atom. The zero-order chi connectivity index (χ0) is 13.8. The van der Waals surface area contributed by atoms with Crippen LogP contribution in [0.4, 0.5) is 0 Å². The van der Waals surface area contributed by atoms with Gasteiger partial charge >= 0.3 is 7.12 Å². The smallest absolute Gasteiger partial charge is 0.487 e. The van der Waals surface area contributed by atoms with Crippen LogP contribution >= 0.6 is 23.2 Å². The van der Waals surface area contributed by atoms with E-state index >= 15 is 0 Å². The molecule has 0 aromatic heterocycles. The largest absolute Gasteiger partial charge is 0.488 e. The van der Waals surface area contributed by atoms with Gasteiger partial charge in [-0.25, -0.2) is 0 Å². The van der Waals surface area contributed by atoms with Crippen molar-refractivity contribution in [1.29, 1.82) is 0 Å². The van der Waals surface area contributed by atoms with Gasteiger partial charge in [0.25, 0.3) is 0 Å². The lowest BCUT2D eigenvalue weighted by atomic mass is 9.80. The predicted molar refractivity (Wildman–Crippen MR) is 77.1 cm³/mol. The first kappa shape index (κ1) is 14.2. The average Bonchev–Trinajstić information content (AvgIpc) is 2.39. The van der Waals surface area contributed by atoms with Crippen LogP contribution in [0.3, 0.4) is 0 Å². The highest BCUT2D eigenvalue weighted by Crippen LogP contribution is 2.25. The quantitative estimate of drug-likeness (QED) is 0.851. The van der Waals surface area contributed by atoms with Crippen LogP contribution < -0.4 is 10.2 Å². The van der Waals surface area contributed by atoms with Gasteiger partial charge in [0.05, 0.1) is 5.02 Å². The molecule has 2 aromatic carbocycles. The maximum absolute atomic E-state index is 9.02. The van der Waals surface area contributed by atoms with Crippen LogP contribution in [0.15, 0.2) is 42.5 Å². The van der Waals surface area contributed by atoms with E-state index < -0.39 is 7.12 Å². The average molecular weight is 297 g/mol. The molecule has 0 fully saturated rings. The lowest BCUT2D eigenvalue weighted by Crippen LogP contribution is -2.29. The third-order valence-corrected chi connectivity index (χ3v) is 3.26. The SMILES string of the molecule is OB(O)c1ccc(OCc2ccccc2Cl)c(Cl)c1. The van der Waals surface area contributed by atoms with E-state index in [1.165, 1.54) is 6.07 Å². The molecule has 2 aromatic rings. The van der Waals surface area contributed by atoms with Crippen LogP contribution in [0.1, 0.15) is 5.56 Å². The number of ether oxygens (including phenoxy) is 1. The van der Waals surface area contributed by atoms with Crippen molar-refractivity contribution < 1.29 is 14.8 Å². The van der Waals surface area contributed by atoms with Gasteiger partial charge in [0.2, 0.25) is 0 Å². The Hall–Kier alpha value is -1.20. The molecular weight excluding hydrogens is 286 g/mol. The van der Waals surface area contributed by atoms with Crippen LogP contribution in [0.5, 0.6) is 5.75 Å². The molecule has 0 aliphatic carbocycles. The number of rotatable bonds is 4. The summed E-state index contributed by atoms with van der Waals surface area (Å²) < 4.78 is 5.56. The first-order valence-corrected chi connectivity index (χ1v) is 6.35. The van der Waals surface area contributed by atoms with Crippen LogP contribution in [0, 0.1) is 0 Å². The van der Waals surface area contributed by atoms with Crippen molar-refractivity contribution in [3.63, 3.8) is 0 Å². The Morgan fingerprint density at radius 2 is 1.74 bits per heavy atom. The van der Waals surface area contributed by atoms with Crippen molar-refractivity contribution in [2.24, 2.45) is 0 Å². The fourth-order valence-corrected chi connectivity index (χ4v) is 2.00. The summed E-state index contributed by atoms with van der Waals surface area (Å²) in [5.41, 5.74) is 1.17. The van der Waals surface area contributed by atoms with Gasteiger partial charge in [-0.3, -0.25) is 0 Å². The Balaban J connectivity index is 2.10. The third-order valence-electron chi connectivity index (χ3n) is 2.60. The zero-order valence-electron chi connectivity index (χ0n) is 9.88. The fraction of sp³-hybridized carbons (Fsp3) is 0.0769. The molecule has 0 aliphatic rings. The van der Waals surface area contributed by atoms with Crippen molar-refractivity contribution in [1.82, 2.24) is 0 Å². The van der Waals surface area contributed by atoms with Crippen LogP contribution in [0.25, 0.3) is 0 Å². The second kappa shape index (κ2) is 6.30. The summed E-state index contributed by atoms with van der Waals surface area (Å²) in [4.78, 5) is 0. The van der Waals surface area contributed by atoms with Gasteiger partial charge in [0.1, 0.15) is 12.4 Å². The second-order valence-electron chi connectivity index (χ2n) is 3.94. The molecule has 3 nitrogen and oxygen atoms in total. The molecule has 98 valence electrons. The highest BCUT2D eigenvalue weighted by Gasteiger charge is 2.13. The molecule has 2 N–H and O–H groups in total. The maximum atomic E-state index is 9.02. The standard InChI is InChI=1S/C13H11BCl2O3/c15-11-4-2-1-3-9(11)8-19-13-6-5-10(14(17)18)7-12(13)16/h1-7,17-18H,8H2. The molecule has 0 heterocycles. The molecule has 0 amide bonds.